The zero-order valence-corrected chi connectivity index (χ0v) is 12.2. The Hall–Kier alpha value is -2.55. The number of aryl methyl sites for hydroxylation is 1. The van der Waals surface area contributed by atoms with Gasteiger partial charge >= 0.3 is 0 Å². The Morgan fingerprint density at radius 2 is 2.24 bits per heavy atom. The van der Waals surface area contributed by atoms with E-state index in [4.69, 9.17) is 5.73 Å². The lowest BCUT2D eigenvalue weighted by Gasteiger charge is -2.07. The fourth-order valence-corrected chi connectivity index (χ4v) is 2.09. The van der Waals surface area contributed by atoms with E-state index in [0.29, 0.717) is 22.6 Å². The van der Waals surface area contributed by atoms with Crippen LogP contribution in [0.25, 0.3) is 5.69 Å². The number of nitrogens with two attached hydrogens (primary N) is 1. The second-order valence-electron chi connectivity index (χ2n) is 4.84. The molecule has 0 unspecified atom stereocenters. The van der Waals surface area contributed by atoms with Gasteiger partial charge in [0.2, 0.25) is 0 Å². The van der Waals surface area contributed by atoms with Crippen LogP contribution in [-0.4, -0.2) is 16.3 Å². The summed E-state index contributed by atoms with van der Waals surface area (Å²) in [5.74, 6) is 0.405. The van der Waals surface area contributed by atoms with Crippen molar-refractivity contribution >= 4 is 11.6 Å². The highest BCUT2D eigenvalue weighted by Gasteiger charge is 2.17. The maximum atomic E-state index is 13.2. The first kappa shape index (κ1) is 14.9. The van der Waals surface area contributed by atoms with Crippen molar-refractivity contribution in [3.8, 4) is 11.8 Å². The number of nitrogen functional groups attached to an aromatic ring is 1. The van der Waals surface area contributed by atoms with Gasteiger partial charge in [0.25, 0.3) is 0 Å². The van der Waals surface area contributed by atoms with E-state index in [9.17, 15) is 9.65 Å². The van der Waals surface area contributed by atoms with E-state index in [-0.39, 0.29) is 11.6 Å². The molecule has 0 saturated carbocycles. The molecule has 6 heteroatoms. The molecule has 2 rings (SSSR count). The third kappa shape index (κ3) is 2.97. The van der Waals surface area contributed by atoms with Crippen molar-refractivity contribution in [3.63, 3.8) is 0 Å². The Morgan fingerprint density at radius 3 is 2.86 bits per heavy atom. The van der Waals surface area contributed by atoms with E-state index >= 15 is 0 Å². The second-order valence-corrected chi connectivity index (χ2v) is 4.84. The van der Waals surface area contributed by atoms with Gasteiger partial charge in [-0.05, 0) is 37.1 Å². The largest absolute Gasteiger partial charge is 0.382 e. The van der Waals surface area contributed by atoms with Gasteiger partial charge in [0.15, 0.2) is 5.82 Å². The molecule has 1 aromatic carbocycles. The lowest BCUT2D eigenvalue weighted by atomic mass is 10.2. The van der Waals surface area contributed by atoms with Gasteiger partial charge in [-0.1, -0.05) is 13.3 Å². The molecule has 5 nitrogen and oxygen atoms in total. The minimum absolute atomic E-state index is 0.256. The molecule has 0 aliphatic carbocycles. The normalized spacial score (nSPS) is 10.4. The summed E-state index contributed by atoms with van der Waals surface area (Å²) < 4.78 is 14.7. The summed E-state index contributed by atoms with van der Waals surface area (Å²) in [5, 5.41) is 16.7. The molecule has 0 fully saturated rings. The van der Waals surface area contributed by atoms with Crippen LogP contribution in [0.5, 0.6) is 0 Å². The molecule has 1 aromatic heterocycles. The molecule has 0 amide bonds. The van der Waals surface area contributed by atoms with Crippen LogP contribution >= 0.6 is 0 Å². The second kappa shape index (κ2) is 6.27. The topological polar surface area (TPSA) is 79.7 Å². The third-order valence-electron chi connectivity index (χ3n) is 3.24. The van der Waals surface area contributed by atoms with Crippen LogP contribution in [0.1, 0.15) is 30.9 Å². The first-order valence-electron chi connectivity index (χ1n) is 6.87. The number of halogens is 1. The van der Waals surface area contributed by atoms with Crippen LogP contribution in [0.15, 0.2) is 18.2 Å². The number of nitrogens with zero attached hydrogens (tertiary/aromatic N) is 3. The van der Waals surface area contributed by atoms with Crippen molar-refractivity contribution in [1.29, 1.82) is 5.26 Å². The van der Waals surface area contributed by atoms with Crippen molar-refractivity contribution in [2.24, 2.45) is 0 Å². The van der Waals surface area contributed by atoms with Crippen LogP contribution in [0.4, 0.5) is 16.0 Å². The van der Waals surface area contributed by atoms with E-state index in [1.54, 1.807) is 13.0 Å². The molecule has 3 N–H and O–H groups in total. The van der Waals surface area contributed by atoms with Crippen molar-refractivity contribution in [3.05, 3.63) is 35.1 Å². The number of rotatable bonds is 5. The summed E-state index contributed by atoms with van der Waals surface area (Å²) in [6.45, 7) is 4.58. The fraction of sp³-hybridized carbons (Fsp3) is 0.333. The Morgan fingerprint density at radius 1 is 1.48 bits per heavy atom. The molecule has 0 saturated heterocycles. The Balaban J connectivity index is 2.43. The monoisotopic (exact) mass is 287 g/mol. The standard InChI is InChI=1S/C15H18FN5/c1-3-4-7-19-15-12(9-17)14(18)21(20-15)13-6-5-11(16)8-10(13)2/h5-6,8H,3-4,7,18H2,1-2H3,(H,19,20). The molecule has 0 radical (unpaired) electrons. The molecule has 0 atom stereocenters. The van der Waals surface area contributed by atoms with E-state index in [1.807, 2.05) is 0 Å². The van der Waals surface area contributed by atoms with Crippen LogP contribution in [0.2, 0.25) is 0 Å². The van der Waals surface area contributed by atoms with Gasteiger partial charge in [-0.2, -0.15) is 5.26 Å². The van der Waals surface area contributed by atoms with Crippen LogP contribution in [0.3, 0.4) is 0 Å². The highest BCUT2D eigenvalue weighted by Crippen LogP contribution is 2.26. The summed E-state index contributed by atoms with van der Waals surface area (Å²) >= 11 is 0. The van der Waals surface area contributed by atoms with Crippen LogP contribution < -0.4 is 11.1 Å². The predicted molar refractivity (Wildman–Crippen MR) is 80.8 cm³/mol. The Bertz CT molecular complexity index is 684. The van der Waals surface area contributed by atoms with Gasteiger partial charge < -0.3 is 11.1 Å². The highest BCUT2D eigenvalue weighted by molar-refractivity contribution is 5.66. The quantitative estimate of drug-likeness (QED) is 0.828. The third-order valence-corrected chi connectivity index (χ3v) is 3.24. The van der Waals surface area contributed by atoms with Gasteiger partial charge in [0.05, 0.1) is 5.69 Å². The Kier molecular flexibility index (Phi) is 4.43. The molecule has 110 valence electrons. The maximum absolute atomic E-state index is 13.2. The van der Waals surface area contributed by atoms with E-state index < -0.39 is 0 Å². The van der Waals surface area contributed by atoms with Crippen LogP contribution in [-0.2, 0) is 0 Å². The summed E-state index contributed by atoms with van der Waals surface area (Å²) in [7, 11) is 0. The van der Waals surface area contributed by atoms with E-state index in [2.05, 4.69) is 23.4 Å². The maximum Gasteiger partial charge on any atom is 0.168 e. The minimum Gasteiger partial charge on any atom is -0.382 e. The predicted octanol–water partition coefficient (Wildman–Crippen LogP) is 2.99. The molecule has 1 heterocycles. The summed E-state index contributed by atoms with van der Waals surface area (Å²) in [4.78, 5) is 0. The molecule has 2 aromatic rings. The van der Waals surface area contributed by atoms with Crippen molar-refractivity contribution in [2.75, 3.05) is 17.6 Å². The first-order chi connectivity index (χ1) is 10.1. The molecule has 0 aliphatic heterocycles. The average Bonchev–Trinajstić information content (AvgIpc) is 2.75. The number of aromatic nitrogens is 2. The SMILES string of the molecule is CCCCNc1nn(-c2ccc(F)cc2C)c(N)c1C#N. The molecule has 0 spiro atoms. The molecular formula is C15H18FN5. The van der Waals surface area contributed by atoms with Gasteiger partial charge in [-0.15, -0.1) is 5.10 Å². The molecular weight excluding hydrogens is 269 g/mol. The van der Waals surface area contributed by atoms with Crippen molar-refractivity contribution in [2.45, 2.75) is 26.7 Å². The van der Waals surface area contributed by atoms with Crippen molar-refractivity contribution in [1.82, 2.24) is 9.78 Å². The number of nitrogens with one attached hydrogen (secondary N) is 1. The van der Waals surface area contributed by atoms with Gasteiger partial charge in [-0.3, -0.25) is 0 Å². The smallest absolute Gasteiger partial charge is 0.168 e. The van der Waals surface area contributed by atoms with E-state index in [0.717, 1.165) is 19.4 Å². The lowest BCUT2D eigenvalue weighted by molar-refractivity contribution is 0.625. The first-order valence-corrected chi connectivity index (χ1v) is 6.87. The Labute approximate surface area is 123 Å². The molecule has 0 bridgehead atoms. The number of nitriles is 1. The van der Waals surface area contributed by atoms with Crippen LogP contribution in [0, 0.1) is 24.1 Å². The fourth-order valence-electron chi connectivity index (χ4n) is 2.09. The number of benzene rings is 1. The van der Waals surface area contributed by atoms with Crippen molar-refractivity contribution < 1.29 is 4.39 Å². The molecule has 21 heavy (non-hydrogen) atoms. The summed E-state index contributed by atoms with van der Waals surface area (Å²) in [6.07, 6.45) is 2.02. The zero-order chi connectivity index (χ0) is 15.4. The van der Waals surface area contributed by atoms with Gasteiger partial charge in [0.1, 0.15) is 23.3 Å². The summed E-state index contributed by atoms with van der Waals surface area (Å²) in [6, 6.07) is 6.43. The van der Waals surface area contributed by atoms with E-state index in [1.165, 1.54) is 16.8 Å². The number of hydrogen-bond donors (Lipinski definition) is 2. The minimum atomic E-state index is -0.316. The van der Waals surface area contributed by atoms with Gasteiger partial charge in [-0.25, -0.2) is 9.07 Å². The number of unbranched alkanes of at least 4 members (excludes halogenated alkanes) is 1. The number of hydrogen-bond acceptors (Lipinski definition) is 4. The molecule has 0 aliphatic rings. The highest BCUT2D eigenvalue weighted by atomic mass is 19.1. The van der Waals surface area contributed by atoms with Gasteiger partial charge in [0, 0.05) is 6.54 Å². The number of anilines is 2. The zero-order valence-electron chi connectivity index (χ0n) is 12.2. The average molecular weight is 287 g/mol. The summed E-state index contributed by atoms with van der Waals surface area (Å²) in [5.41, 5.74) is 7.68. The lowest BCUT2D eigenvalue weighted by Crippen LogP contribution is -2.05.